The number of hydrogen-bond acceptors (Lipinski definition) is 3. The van der Waals surface area contributed by atoms with Crippen LogP contribution in [-0.4, -0.2) is 29.2 Å². The van der Waals surface area contributed by atoms with Gasteiger partial charge in [0.15, 0.2) is 0 Å². The number of nitrogens with zero attached hydrogens (tertiary/aromatic N) is 1. The van der Waals surface area contributed by atoms with Crippen molar-refractivity contribution >= 4 is 23.4 Å². The fraction of sp³-hybridized carbons (Fsp3) is 0.421. The summed E-state index contributed by atoms with van der Waals surface area (Å²) >= 11 is 0. The number of likely N-dealkylation sites (tertiary alicyclic amines) is 1. The van der Waals surface area contributed by atoms with E-state index in [4.69, 9.17) is 0 Å². The molecule has 4 atom stereocenters. The van der Waals surface area contributed by atoms with Gasteiger partial charge in [-0.3, -0.25) is 19.3 Å². The third-order valence-corrected chi connectivity index (χ3v) is 5.63. The van der Waals surface area contributed by atoms with E-state index in [1.807, 2.05) is 12.2 Å². The van der Waals surface area contributed by atoms with E-state index >= 15 is 0 Å². The Bertz CT molecular complexity index is 819. The second kappa shape index (κ2) is 6.21. The Morgan fingerprint density at radius 3 is 2.26 bits per heavy atom. The molecule has 1 saturated carbocycles. The first-order chi connectivity index (χ1) is 12.8. The summed E-state index contributed by atoms with van der Waals surface area (Å²) in [5, 5.41) is 2.23. The normalized spacial score (nSPS) is 28.8. The maximum absolute atomic E-state index is 13.0. The summed E-state index contributed by atoms with van der Waals surface area (Å²) in [6, 6.07) is 4.68. The van der Waals surface area contributed by atoms with Crippen LogP contribution in [0.3, 0.4) is 0 Å². The molecule has 27 heavy (non-hydrogen) atoms. The summed E-state index contributed by atoms with van der Waals surface area (Å²) < 4.78 is 39.0. The van der Waals surface area contributed by atoms with Crippen molar-refractivity contribution in [1.82, 2.24) is 4.90 Å². The average Bonchev–Trinajstić information content (AvgIpc) is 3.27. The minimum Gasteiger partial charge on any atom is -0.325 e. The Labute approximate surface area is 153 Å². The Balaban J connectivity index is 1.40. The molecule has 3 aliphatic rings. The molecule has 8 heteroatoms. The molecule has 1 aromatic carbocycles. The van der Waals surface area contributed by atoms with E-state index in [2.05, 4.69) is 5.32 Å². The molecule has 2 bridgehead atoms. The molecule has 142 valence electrons. The van der Waals surface area contributed by atoms with Gasteiger partial charge in [0.1, 0.15) is 0 Å². The molecule has 1 heterocycles. The van der Waals surface area contributed by atoms with Crippen molar-refractivity contribution in [2.45, 2.75) is 19.0 Å². The van der Waals surface area contributed by atoms with Crippen LogP contribution in [0.5, 0.6) is 0 Å². The highest BCUT2D eigenvalue weighted by molar-refractivity contribution is 6.06. The molecule has 1 saturated heterocycles. The number of hydrogen-bond donors (Lipinski definition) is 1. The lowest BCUT2D eigenvalue weighted by atomic mass is 9.85. The Kier molecular flexibility index (Phi) is 4.09. The number of fused-ring (bicyclic) bond motifs is 5. The number of para-hydroxylation sites is 1. The fourth-order valence-corrected chi connectivity index (χ4v) is 4.45. The number of amides is 3. The maximum Gasteiger partial charge on any atom is 0.418 e. The summed E-state index contributed by atoms with van der Waals surface area (Å²) in [5.74, 6) is -1.76. The number of halogens is 3. The minimum absolute atomic E-state index is 0.0777. The predicted octanol–water partition coefficient (Wildman–Crippen LogP) is 2.84. The van der Waals surface area contributed by atoms with Crippen LogP contribution in [0.15, 0.2) is 36.4 Å². The summed E-state index contributed by atoms with van der Waals surface area (Å²) in [4.78, 5) is 38.3. The monoisotopic (exact) mass is 378 g/mol. The molecule has 0 aromatic heterocycles. The van der Waals surface area contributed by atoms with Gasteiger partial charge in [-0.2, -0.15) is 13.2 Å². The number of carbonyl (C=O) groups excluding carboxylic acids is 3. The molecular formula is C19H17F3N2O3. The number of nitrogens with one attached hydrogen (secondary N) is 1. The number of anilines is 1. The van der Waals surface area contributed by atoms with Crippen LogP contribution < -0.4 is 5.32 Å². The molecule has 2 aliphatic carbocycles. The molecule has 0 unspecified atom stereocenters. The lowest BCUT2D eigenvalue weighted by Crippen LogP contribution is -2.35. The van der Waals surface area contributed by atoms with Gasteiger partial charge in [0.05, 0.1) is 23.1 Å². The van der Waals surface area contributed by atoms with E-state index < -0.39 is 17.6 Å². The van der Waals surface area contributed by atoms with E-state index in [1.165, 1.54) is 18.2 Å². The lowest BCUT2D eigenvalue weighted by molar-refractivity contribution is -0.141. The number of alkyl halides is 3. The maximum atomic E-state index is 13.0. The van der Waals surface area contributed by atoms with Crippen molar-refractivity contribution in [2.75, 3.05) is 11.9 Å². The van der Waals surface area contributed by atoms with E-state index in [0.717, 1.165) is 17.4 Å². The molecular weight excluding hydrogens is 361 g/mol. The highest BCUT2D eigenvalue weighted by Crippen LogP contribution is 2.52. The second-order valence-corrected chi connectivity index (χ2v) is 7.17. The molecule has 4 rings (SSSR count). The second-order valence-electron chi connectivity index (χ2n) is 7.17. The van der Waals surface area contributed by atoms with E-state index in [0.29, 0.717) is 0 Å². The van der Waals surface area contributed by atoms with Crippen LogP contribution in [-0.2, 0) is 20.6 Å². The molecule has 3 amide bonds. The summed E-state index contributed by atoms with van der Waals surface area (Å²) in [6.45, 7) is -0.121. The van der Waals surface area contributed by atoms with Crippen LogP contribution in [0.1, 0.15) is 18.4 Å². The summed E-state index contributed by atoms with van der Waals surface area (Å²) in [5.41, 5.74) is -1.28. The van der Waals surface area contributed by atoms with Crippen molar-refractivity contribution in [1.29, 1.82) is 0 Å². The molecule has 1 aliphatic heterocycles. The van der Waals surface area contributed by atoms with Crippen LogP contribution in [0.2, 0.25) is 0 Å². The van der Waals surface area contributed by atoms with Gasteiger partial charge in [0.2, 0.25) is 17.7 Å². The lowest BCUT2D eigenvalue weighted by Gasteiger charge is -2.17. The Morgan fingerprint density at radius 2 is 1.67 bits per heavy atom. The van der Waals surface area contributed by atoms with E-state index in [1.54, 1.807) is 0 Å². The largest absolute Gasteiger partial charge is 0.418 e. The van der Waals surface area contributed by atoms with Gasteiger partial charge >= 0.3 is 6.18 Å². The molecule has 2 fully saturated rings. The van der Waals surface area contributed by atoms with Crippen molar-refractivity contribution in [3.05, 3.63) is 42.0 Å². The summed E-state index contributed by atoms with van der Waals surface area (Å²) in [6.07, 6.45) is -0.0711. The van der Waals surface area contributed by atoms with E-state index in [9.17, 15) is 27.6 Å². The van der Waals surface area contributed by atoms with Crippen molar-refractivity contribution in [3.63, 3.8) is 0 Å². The van der Waals surface area contributed by atoms with Crippen LogP contribution in [0.25, 0.3) is 0 Å². The zero-order valence-electron chi connectivity index (χ0n) is 14.2. The smallest absolute Gasteiger partial charge is 0.325 e. The number of allylic oxidation sites excluding steroid dienone is 2. The number of benzene rings is 1. The highest BCUT2D eigenvalue weighted by Gasteiger charge is 2.59. The fourth-order valence-electron chi connectivity index (χ4n) is 4.45. The SMILES string of the molecule is O=C(CCN1C(=O)[C@@H]2[C@H](C1=O)[C@H]1C=C[C@H]2C1)Nc1ccccc1C(F)(F)F. The van der Waals surface area contributed by atoms with Crippen LogP contribution >= 0.6 is 0 Å². The zero-order chi connectivity index (χ0) is 19.3. The molecule has 0 radical (unpaired) electrons. The van der Waals surface area contributed by atoms with Gasteiger partial charge in [-0.1, -0.05) is 24.3 Å². The van der Waals surface area contributed by atoms with Crippen molar-refractivity contribution in [2.24, 2.45) is 23.7 Å². The minimum atomic E-state index is -4.59. The van der Waals surface area contributed by atoms with Crippen LogP contribution in [0, 0.1) is 23.7 Å². The van der Waals surface area contributed by atoms with Gasteiger partial charge in [0, 0.05) is 13.0 Å². The third kappa shape index (κ3) is 2.93. The molecule has 1 aromatic rings. The standard InChI is InChI=1S/C19H17F3N2O3/c20-19(21,22)12-3-1-2-4-13(12)23-14(25)7-8-24-17(26)15-10-5-6-11(9-10)16(15)18(24)27/h1-6,10-11,15-16H,7-9H2,(H,23,25)/t10-,11-,15-,16+/m0/s1. The van der Waals surface area contributed by atoms with Crippen molar-refractivity contribution in [3.8, 4) is 0 Å². The molecule has 1 N–H and O–H groups in total. The van der Waals surface area contributed by atoms with Gasteiger partial charge in [-0.05, 0) is 30.4 Å². The quantitative estimate of drug-likeness (QED) is 0.647. The summed E-state index contributed by atoms with van der Waals surface area (Å²) in [7, 11) is 0. The predicted molar refractivity (Wildman–Crippen MR) is 89.1 cm³/mol. The van der Waals surface area contributed by atoms with Crippen LogP contribution in [0.4, 0.5) is 18.9 Å². The van der Waals surface area contributed by atoms with Crippen molar-refractivity contribution < 1.29 is 27.6 Å². The van der Waals surface area contributed by atoms with Gasteiger partial charge < -0.3 is 5.32 Å². The van der Waals surface area contributed by atoms with Gasteiger partial charge in [-0.25, -0.2) is 0 Å². The van der Waals surface area contributed by atoms with E-state index in [-0.39, 0.29) is 54.1 Å². The Morgan fingerprint density at radius 1 is 1.07 bits per heavy atom. The zero-order valence-corrected chi connectivity index (χ0v) is 14.2. The number of rotatable bonds is 4. The number of carbonyl (C=O) groups is 3. The number of imide groups is 1. The van der Waals surface area contributed by atoms with Gasteiger partial charge in [-0.15, -0.1) is 0 Å². The third-order valence-electron chi connectivity index (χ3n) is 5.63. The van der Waals surface area contributed by atoms with Gasteiger partial charge in [0.25, 0.3) is 0 Å². The Hall–Kier alpha value is -2.64. The first-order valence-corrected chi connectivity index (χ1v) is 8.77. The average molecular weight is 378 g/mol. The highest BCUT2D eigenvalue weighted by atomic mass is 19.4. The molecule has 5 nitrogen and oxygen atoms in total. The first-order valence-electron chi connectivity index (χ1n) is 8.77. The molecule has 0 spiro atoms. The first kappa shape index (κ1) is 17.8. The topological polar surface area (TPSA) is 66.5 Å².